The topological polar surface area (TPSA) is 15.3 Å². The zero-order valence-corrected chi connectivity index (χ0v) is 10.7. The Hall–Kier alpha value is -1.02. The summed E-state index contributed by atoms with van der Waals surface area (Å²) >= 11 is 0. The number of nitrogens with zero attached hydrogens (tertiary/aromatic N) is 1. The summed E-state index contributed by atoms with van der Waals surface area (Å²) in [5.41, 5.74) is 1.32. The summed E-state index contributed by atoms with van der Waals surface area (Å²) in [6.07, 6.45) is 2.47. The Morgan fingerprint density at radius 2 is 1.88 bits per heavy atom. The lowest BCUT2D eigenvalue weighted by Gasteiger charge is -2.28. The summed E-state index contributed by atoms with van der Waals surface area (Å²) in [4.78, 5) is 2.43. The van der Waals surface area contributed by atoms with Crippen molar-refractivity contribution in [3.63, 3.8) is 0 Å². The first-order valence-corrected chi connectivity index (χ1v) is 6.29. The van der Waals surface area contributed by atoms with Crippen molar-refractivity contribution >= 4 is 5.69 Å². The lowest BCUT2D eigenvalue weighted by Crippen LogP contribution is -2.39. The summed E-state index contributed by atoms with van der Waals surface area (Å²) in [7, 11) is 2.05. The molecule has 0 radical (unpaired) electrons. The van der Waals surface area contributed by atoms with Crippen molar-refractivity contribution in [1.82, 2.24) is 5.32 Å². The van der Waals surface area contributed by atoms with Crippen LogP contribution in [0.4, 0.5) is 5.69 Å². The molecule has 0 aliphatic rings. The van der Waals surface area contributed by atoms with Gasteiger partial charge in [0.2, 0.25) is 0 Å². The molecule has 2 heteroatoms. The first-order chi connectivity index (χ1) is 7.81. The quantitative estimate of drug-likeness (QED) is 0.760. The minimum absolute atomic E-state index is 0.588. The van der Waals surface area contributed by atoms with Crippen molar-refractivity contribution in [3.8, 4) is 0 Å². The number of hydrogen-bond acceptors (Lipinski definition) is 2. The Labute approximate surface area is 99.7 Å². The zero-order valence-electron chi connectivity index (χ0n) is 10.7. The maximum atomic E-state index is 3.40. The van der Waals surface area contributed by atoms with E-state index < -0.39 is 0 Å². The van der Waals surface area contributed by atoms with Gasteiger partial charge in [-0.15, -0.1) is 0 Å². The Kier molecular flexibility index (Phi) is 5.94. The normalized spacial score (nSPS) is 12.4. The molecule has 0 aliphatic carbocycles. The lowest BCUT2D eigenvalue weighted by atomic mass is 10.1. The van der Waals surface area contributed by atoms with Crippen LogP contribution in [0.2, 0.25) is 0 Å². The third kappa shape index (κ3) is 3.86. The molecule has 1 N–H and O–H groups in total. The van der Waals surface area contributed by atoms with Crippen molar-refractivity contribution in [3.05, 3.63) is 30.3 Å². The Morgan fingerprint density at radius 3 is 2.38 bits per heavy atom. The minimum atomic E-state index is 0.588. The van der Waals surface area contributed by atoms with Crippen LogP contribution >= 0.6 is 0 Å². The van der Waals surface area contributed by atoms with E-state index in [1.165, 1.54) is 18.5 Å². The molecule has 0 aliphatic heterocycles. The van der Waals surface area contributed by atoms with Gasteiger partial charge >= 0.3 is 0 Å². The first kappa shape index (κ1) is 13.0. The molecular formula is C14H24N2. The number of benzene rings is 1. The van der Waals surface area contributed by atoms with E-state index in [4.69, 9.17) is 0 Å². The summed E-state index contributed by atoms with van der Waals surface area (Å²) < 4.78 is 0. The van der Waals surface area contributed by atoms with Crippen LogP contribution in [0, 0.1) is 0 Å². The van der Waals surface area contributed by atoms with E-state index in [9.17, 15) is 0 Å². The molecule has 1 atom stereocenters. The largest absolute Gasteiger partial charge is 0.370 e. The van der Waals surface area contributed by atoms with Gasteiger partial charge in [-0.2, -0.15) is 0 Å². The molecule has 0 amide bonds. The van der Waals surface area contributed by atoms with Gasteiger partial charge in [0.15, 0.2) is 0 Å². The van der Waals surface area contributed by atoms with Crippen LogP contribution in [-0.4, -0.2) is 26.2 Å². The van der Waals surface area contributed by atoms with Gasteiger partial charge in [0.25, 0.3) is 0 Å². The van der Waals surface area contributed by atoms with Crippen LogP contribution in [0.25, 0.3) is 0 Å². The Bertz CT molecular complexity index is 271. The highest BCUT2D eigenvalue weighted by molar-refractivity contribution is 5.45. The van der Waals surface area contributed by atoms with Crippen LogP contribution in [0.5, 0.6) is 0 Å². The third-order valence-electron chi connectivity index (χ3n) is 2.99. The highest BCUT2D eigenvalue weighted by atomic mass is 15.1. The molecular weight excluding hydrogens is 196 g/mol. The molecule has 16 heavy (non-hydrogen) atoms. The van der Waals surface area contributed by atoms with E-state index in [1.807, 2.05) is 0 Å². The van der Waals surface area contributed by atoms with Gasteiger partial charge in [-0.3, -0.25) is 0 Å². The fourth-order valence-corrected chi connectivity index (χ4v) is 2.00. The van der Waals surface area contributed by atoms with E-state index in [-0.39, 0.29) is 0 Å². The summed E-state index contributed by atoms with van der Waals surface area (Å²) in [6, 6.07) is 11.2. The van der Waals surface area contributed by atoms with Crippen molar-refractivity contribution in [1.29, 1.82) is 0 Å². The maximum Gasteiger partial charge on any atom is 0.0366 e. The average molecular weight is 220 g/mol. The predicted molar refractivity (Wildman–Crippen MR) is 72.1 cm³/mol. The van der Waals surface area contributed by atoms with E-state index in [0.29, 0.717) is 6.04 Å². The fourth-order valence-electron chi connectivity index (χ4n) is 2.00. The lowest BCUT2D eigenvalue weighted by molar-refractivity contribution is 0.508. The van der Waals surface area contributed by atoms with Gasteiger partial charge in [-0.25, -0.2) is 0 Å². The first-order valence-electron chi connectivity index (χ1n) is 6.29. The number of rotatable bonds is 7. The highest BCUT2D eigenvalue weighted by Gasteiger charge is 2.10. The smallest absolute Gasteiger partial charge is 0.0366 e. The minimum Gasteiger partial charge on any atom is -0.370 e. The monoisotopic (exact) mass is 220 g/mol. The number of hydrogen-bond donors (Lipinski definition) is 1. The Morgan fingerprint density at radius 1 is 1.19 bits per heavy atom. The third-order valence-corrected chi connectivity index (χ3v) is 2.99. The molecule has 0 bridgehead atoms. The second-order valence-corrected chi connectivity index (χ2v) is 4.15. The molecule has 1 aromatic rings. The van der Waals surface area contributed by atoms with Gasteiger partial charge in [0, 0.05) is 24.8 Å². The average Bonchev–Trinajstić information content (AvgIpc) is 2.35. The molecule has 1 rings (SSSR count). The number of likely N-dealkylation sites (N-methyl/N-ethyl adjacent to an activating group) is 2. The molecule has 0 saturated heterocycles. The van der Waals surface area contributed by atoms with Crippen LogP contribution in [-0.2, 0) is 0 Å². The van der Waals surface area contributed by atoms with E-state index in [2.05, 4.69) is 61.4 Å². The molecule has 2 nitrogen and oxygen atoms in total. The van der Waals surface area contributed by atoms with Gasteiger partial charge < -0.3 is 10.2 Å². The second-order valence-electron chi connectivity index (χ2n) is 4.15. The van der Waals surface area contributed by atoms with Gasteiger partial charge in [0.05, 0.1) is 0 Å². The molecule has 0 spiro atoms. The number of nitrogens with one attached hydrogen (secondary N) is 1. The molecule has 0 heterocycles. The summed E-state index contributed by atoms with van der Waals surface area (Å²) in [5.74, 6) is 0. The highest BCUT2D eigenvalue weighted by Crippen LogP contribution is 2.14. The van der Waals surface area contributed by atoms with Crippen molar-refractivity contribution in [2.24, 2.45) is 0 Å². The molecule has 1 aromatic carbocycles. The Balaban J connectivity index is 2.61. The standard InChI is InChI=1S/C14H24N2/c1-4-9-13(15-3)12-16(5-2)14-10-7-6-8-11-14/h6-8,10-11,13,15H,4-5,9,12H2,1-3H3. The van der Waals surface area contributed by atoms with E-state index >= 15 is 0 Å². The van der Waals surface area contributed by atoms with Crippen LogP contribution < -0.4 is 10.2 Å². The fraction of sp³-hybridized carbons (Fsp3) is 0.571. The van der Waals surface area contributed by atoms with Crippen LogP contribution in [0.15, 0.2) is 30.3 Å². The molecule has 90 valence electrons. The van der Waals surface area contributed by atoms with E-state index in [0.717, 1.165) is 13.1 Å². The van der Waals surface area contributed by atoms with Crippen molar-refractivity contribution < 1.29 is 0 Å². The second kappa shape index (κ2) is 7.29. The zero-order chi connectivity index (χ0) is 11.8. The van der Waals surface area contributed by atoms with Gasteiger partial charge in [0.1, 0.15) is 0 Å². The van der Waals surface area contributed by atoms with Crippen LogP contribution in [0.3, 0.4) is 0 Å². The van der Waals surface area contributed by atoms with Gasteiger partial charge in [-0.1, -0.05) is 31.5 Å². The van der Waals surface area contributed by atoms with Crippen LogP contribution in [0.1, 0.15) is 26.7 Å². The number of para-hydroxylation sites is 1. The maximum absolute atomic E-state index is 3.40. The van der Waals surface area contributed by atoms with Crippen molar-refractivity contribution in [2.75, 3.05) is 25.0 Å². The summed E-state index contributed by atoms with van der Waals surface area (Å²) in [5, 5.41) is 3.40. The SMILES string of the molecule is CCCC(CN(CC)c1ccccc1)NC. The number of anilines is 1. The molecule has 0 aromatic heterocycles. The molecule has 1 unspecified atom stereocenters. The summed E-state index contributed by atoms with van der Waals surface area (Å²) in [6.45, 7) is 6.60. The predicted octanol–water partition coefficient (Wildman–Crippen LogP) is 2.90. The van der Waals surface area contributed by atoms with Gasteiger partial charge in [-0.05, 0) is 32.5 Å². The molecule has 0 saturated carbocycles. The molecule has 0 fully saturated rings. The van der Waals surface area contributed by atoms with Crippen molar-refractivity contribution in [2.45, 2.75) is 32.7 Å². The van der Waals surface area contributed by atoms with E-state index in [1.54, 1.807) is 0 Å².